The zero-order valence-electron chi connectivity index (χ0n) is 9.99. The third-order valence-corrected chi connectivity index (χ3v) is 2.89. The smallest absolute Gasteiger partial charge is 0.336 e. The number of aromatic carboxylic acids is 1. The van der Waals surface area contributed by atoms with Gasteiger partial charge in [-0.05, 0) is 26.0 Å². The largest absolute Gasteiger partial charge is 0.478 e. The van der Waals surface area contributed by atoms with Gasteiger partial charge < -0.3 is 9.67 Å². The molecule has 1 N–H and O–H groups in total. The summed E-state index contributed by atoms with van der Waals surface area (Å²) in [6, 6.07) is 4.96. The first-order valence-electron chi connectivity index (χ1n) is 5.33. The number of nitrogens with zero attached hydrogens (tertiary/aromatic N) is 1. The Bertz CT molecular complexity index is 593. The standard InChI is InChI=1S/C13H14FNO2/c1-13(2,14)9-7-15(3)10-6-4-5-8(11(9)10)12(16)17/h4-7H,1-3H3,(H,16,17). The second kappa shape index (κ2) is 3.58. The van der Waals surface area contributed by atoms with Crippen LogP contribution in [0.2, 0.25) is 0 Å². The van der Waals surface area contributed by atoms with Crippen molar-refractivity contribution in [3.8, 4) is 0 Å². The van der Waals surface area contributed by atoms with E-state index in [-0.39, 0.29) is 5.56 Å². The van der Waals surface area contributed by atoms with Gasteiger partial charge in [0.05, 0.1) is 5.56 Å². The highest BCUT2D eigenvalue weighted by Gasteiger charge is 2.26. The monoisotopic (exact) mass is 235 g/mol. The highest BCUT2D eigenvalue weighted by Crippen LogP contribution is 2.34. The molecule has 0 atom stereocenters. The molecule has 2 rings (SSSR count). The van der Waals surface area contributed by atoms with Gasteiger partial charge in [-0.3, -0.25) is 0 Å². The number of fused-ring (bicyclic) bond motifs is 1. The molecule has 0 spiro atoms. The van der Waals surface area contributed by atoms with Gasteiger partial charge in [-0.15, -0.1) is 0 Å². The summed E-state index contributed by atoms with van der Waals surface area (Å²) in [5.41, 5.74) is -0.284. The molecule has 0 bridgehead atoms. The first-order chi connectivity index (χ1) is 7.82. The molecule has 90 valence electrons. The Kier molecular flexibility index (Phi) is 2.45. The number of benzene rings is 1. The second-order valence-corrected chi connectivity index (χ2v) is 4.63. The Morgan fingerprint density at radius 3 is 2.59 bits per heavy atom. The van der Waals surface area contributed by atoms with Crippen molar-refractivity contribution in [1.82, 2.24) is 4.57 Å². The topological polar surface area (TPSA) is 42.2 Å². The fourth-order valence-corrected chi connectivity index (χ4v) is 2.07. The van der Waals surface area contributed by atoms with E-state index in [1.165, 1.54) is 19.9 Å². The summed E-state index contributed by atoms with van der Waals surface area (Å²) in [7, 11) is 1.78. The van der Waals surface area contributed by atoms with Crippen LogP contribution in [-0.2, 0) is 12.7 Å². The molecule has 1 aromatic heterocycles. The van der Waals surface area contributed by atoms with Gasteiger partial charge in [0.1, 0.15) is 5.67 Å². The number of carbonyl (C=O) groups is 1. The predicted octanol–water partition coefficient (Wildman–Crippen LogP) is 3.08. The summed E-state index contributed by atoms with van der Waals surface area (Å²) in [5.74, 6) is -1.03. The minimum atomic E-state index is -1.56. The number of aromatic nitrogens is 1. The average molecular weight is 235 g/mol. The third-order valence-electron chi connectivity index (χ3n) is 2.89. The molecule has 1 aromatic carbocycles. The van der Waals surface area contributed by atoms with Crippen LogP contribution in [0.1, 0.15) is 29.8 Å². The van der Waals surface area contributed by atoms with Crippen LogP contribution in [0.15, 0.2) is 24.4 Å². The second-order valence-electron chi connectivity index (χ2n) is 4.63. The number of hydrogen-bond acceptors (Lipinski definition) is 1. The van der Waals surface area contributed by atoms with E-state index in [0.29, 0.717) is 10.9 Å². The maximum absolute atomic E-state index is 14.1. The van der Waals surface area contributed by atoms with Crippen LogP contribution < -0.4 is 0 Å². The van der Waals surface area contributed by atoms with E-state index in [0.717, 1.165) is 5.52 Å². The van der Waals surface area contributed by atoms with Gasteiger partial charge in [-0.25, -0.2) is 9.18 Å². The number of halogens is 1. The first kappa shape index (κ1) is 11.6. The molecule has 0 unspecified atom stereocenters. The molecule has 0 saturated carbocycles. The molecule has 0 aliphatic heterocycles. The summed E-state index contributed by atoms with van der Waals surface area (Å²) in [6.07, 6.45) is 1.65. The van der Waals surface area contributed by atoms with E-state index < -0.39 is 11.6 Å². The number of alkyl halides is 1. The normalized spacial score (nSPS) is 12.0. The van der Waals surface area contributed by atoms with Crippen molar-refractivity contribution < 1.29 is 14.3 Å². The summed E-state index contributed by atoms with van der Waals surface area (Å²) in [6.45, 7) is 2.86. The summed E-state index contributed by atoms with van der Waals surface area (Å²) in [4.78, 5) is 11.2. The van der Waals surface area contributed by atoms with Crippen LogP contribution in [0.3, 0.4) is 0 Å². The number of rotatable bonds is 2. The highest BCUT2D eigenvalue weighted by molar-refractivity contribution is 6.04. The molecule has 0 fully saturated rings. The van der Waals surface area contributed by atoms with E-state index in [4.69, 9.17) is 5.11 Å². The van der Waals surface area contributed by atoms with Gasteiger partial charge in [0.25, 0.3) is 0 Å². The van der Waals surface area contributed by atoms with Crippen molar-refractivity contribution in [2.75, 3.05) is 0 Å². The van der Waals surface area contributed by atoms with Crippen molar-refractivity contribution in [2.45, 2.75) is 19.5 Å². The van der Waals surface area contributed by atoms with E-state index in [2.05, 4.69) is 0 Å². The molecule has 1 heterocycles. The predicted molar refractivity (Wildman–Crippen MR) is 64.0 cm³/mol. The Morgan fingerprint density at radius 2 is 2.06 bits per heavy atom. The van der Waals surface area contributed by atoms with Crippen LogP contribution in [0.5, 0.6) is 0 Å². The Labute approximate surface area is 98.5 Å². The molecule has 17 heavy (non-hydrogen) atoms. The third kappa shape index (κ3) is 1.79. The quantitative estimate of drug-likeness (QED) is 0.869. The van der Waals surface area contributed by atoms with Gasteiger partial charge in [0.15, 0.2) is 0 Å². The zero-order valence-corrected chi connectivity index (χ0v) is 9.99. The molecular weight excluding hydrogens is 221 g/mol. The fraction of sp³-hybridized carbons (Fsp3) is 0.308. The zero-order chi connectivity index (χ0) is 12.8. The maximum Gasteiger partial charge on any atom is 0.336 e. The lowest BCUT2D eigenvalue weighted by atomic mass is 9.96. The lowest BCUT2D eigenvalue weighted by molar-refractivity contribution is 0.0699. The molecule has 0 saturated heterocycles. The lowest BCUT2D eigenvalue weighted by Crippen LogP contribution is -2.09. The average Bonchev–Trinajstić information content (AvgIpc) is 2.56. The molecule has 0 radical (unpaired) electrons. The molecule has 2 aromatic rings. The van der Waals surface area contributed by atoms with Crippen molar-refractivity contribution >= 4 is 16.9 Å². The lowest BCUT2D eigenvalue weighted by Gasteiger charge is -2.13. The van der Waals surface area contributed by atoms with Gasteiger partial charge in [0, 0.05) is 29.7 Å². The molecule has 0 aliphatic carbocycles. The van der Waals surface area contributed by atoms with Crippen LogP contribution in [-0.4, -0.2) is 15.6 Å². The molecule has 0 amide bonds. The summed E-state index contributed by atoms with van der Waals surface area (Å²) < 4.78 is 15.9. The van der Waals surface area contributed by atoms with Crippen LogP contribution >= 0.6 is 0 Å². The van der Waals surface area contributed by atoms with Crippen LogP contribution in [0.4, 0.5) is 4.39 Å². The number of aryl methyl sites for hydroxylation is 1. The van der Waals surface area contributed by atoms with Crippen molar-refractivity contribution in [1.29, 1.82) is 0 Å². The number of hydrogen-bond donors (Lipinski definition) is 1. The Balaban J connectivity index is 2.91. The molecule has 3 nitrogen and oxygen atoms in total. The van der Waals surface area contributed by atoms with Gasteiger partial charge in [-0.2, -0.15) is 0 Å². The minimum absolute atomic E-state index is 0.142. The van der Waals surface area contributed by atoms with E-state index in [1.54, 1.807) is 29.9 Å². The molecule has 0 aliphatic rings. The number of carboxylic acid groups (broad SMARTS) is 1. The van der Waals surface area contributed by atoms with Crippen molar-refractivity contribution in [3.63, 3.8) is 0 Å². The number of carboxylic acids is 1. The van der Waals surface area contributed by atoms with E-state index in [1.807, 2.05) is 0 Å². The maximum atomic E-state index is 14.1. The van der Waals surface area contributed by atoms with E-state index >= 15 is 0 Å². The SMILES string of the molecule is Cn1cc(C(C)(C)F)c2c(C(=O)O)cccc21. The fourth-order valence-electron chi connectivity index (χ4n) is 2.07. The van der Waals surface area contributed by atoms with Crippen molar-refractivity contribution in [3.05, 3.63) is 35.5 Å². The molecular formula is C13H14FNO2. The van der Waals surface area contributed by atoms with E-state index in [9.17, 15) is 9.18 Å². The van der Waals surface area contributed by atoms with Crippen LogP contribution in [0, 0.1) is 0 Å². The van der Waals surface area contributed by atoms with Crippen molar-refractivity contribution in [2.24, 2.45) is 7.05 Å². The Morgan fingerprint density at radius 1 is 1.41 bits per heavy atom. The summed E-state index contributed by atoms with van der Waals surface area (Å²) >= 11 is 0. The van der Waals surface area contributed by atoms with Gasteiger partial charge >= 0.3 is 5.97 Å². The van der Waals surface area contributed by atoms with Gasteiger partial charge in [0.2, 0.25) is 0 Å². The summed E-state index contributed by atoms with van der Waals surface area (Å²) in [5, 5.41) is 9.63. The highest BCUT2D eigenvalue weighted by atomic mass is 19.1. The van der Waals surface area contributed by atoms with Crippen LogP contribution in [0.25, 0.3) is 10.9 Å². The first-order valence-corrected chi connectivity index (χ1v) is 5.33. The van der Waals surface area contributed by atoms with Gasteiger partial charge in [-0.1, -0.05) is 6.07 Å². The minimum Gasteiger partial charge on any atom is -0.478 e. The Hall–Kier alpha value is -1.84. The molecule has 4 heteroatoms.